The third kappa shape index (κ3) is 4.27. The molecule has 0 radical (unpaired) electrons. The van der Waals surface area contributed by atoms with Gasteiger partial charge >= 0.3 is 6.03 Å². The summed E-state index contributed by atoms with van der Waals surface area (Å²) >= 11 is 0. The van der Waals surface area contributed by atoms with E-state index in [0.717, 1.165) is 12.0 Å². The second-order valence-corrected chi connectivity index (χ2v) is 3.34. The number of aryl methyl sites for hydroxylation is 1. The monoisotopic (exact) mass is 223 g/mol. The molecule has 5 heteroatoms. The first-order valence-corrected chi connectivity index (χ1v) is 5.29. The van der Waals surface area contributed by atoms with Crippen LogP contribution in [0, 0.1) is 6.92 Å². The van der Waals surface area contributed by atoms with E-state index in [0.29, 0.717) is 13.2 Å². The molecule has 0 spiro atoms. The van der Waals surface area contributed by atoms with E-state index in [1.807, 2.05) is 19.2 Å². The number of nitrogens with one attached hydrogen (secondary N) is 2. The second-order valence-electron chi connectivity index (χ2n) is 3.34. The van der Waals surface area contributed by atoms with Crippen LogP contribution in [0.1, 0.15) is 18.1 Å². The highest BCUT2D eigenvalue weighted by Gasteiger charge is 2.00. The van der Waals surface area contributed by atoms with Gasteiger partial charge in [0.25, 0.3) is 0 Å². The van der Waals surface area contributed by atoms with Gasteiger partial charge in [0.15, 0.2) is 0 Å². The zero-order valence-electron chi connectivity index (χ0n) is 9.62. The molecule has 0 fully saturated rings. The Morgan fingerprint density at radius 1 is 1.56 bits per heavy atom. The van der Waals surface area contributed by atoms with Crippen molar-refractivity contribution < 1.29 is 9.63 Å². The number of amides is 2. The third-order valence-electron chi connectivity index (χ3n) is 2.13. The van der Waals surface area contributed by atoms with Gasteiger partial charge in [-0.25, -0.2) is 10.3 Å². The molecular formula is C11H17N3O2. The number of urea groups is 1. The van der Waals surface area contributed by atoms with Crippen molar-refractivity contribution in [3.8, 4) is 0 Å². The van der Waals surface area contributed by atoms with Crippen LogP contribution in [0.15, 0.2) is 18.5 Å². The molecule has 1 heterocycles. The smallest absolute Gasteiger partial charge is 0.336 e. The number of pyridine rings is 1. The van der Waals surface area contributed by atoms with E-state index in [2.05, 4.69) is 15.8 Å². The van der Waals surface area contributed by atoms with Crippen LogP contribution in [0.2, 0.25) is 0 Å². The van der Waals surface area contributed by atoms with Gasteiger partial charge in [-0.2, -0.15) is 0 Å². The first kappa shape index (κ1) is 12.4. The van der Waals surface area contributed by atoms with Crippen LogP contribution in [0.3, 0.4) is 0 Å². The molecule has 0 atom stereocenters. The Balaban J connectivity index is 2.25. The normalized spacial score (nSPS) is 9.88. The number of carbonyl (C=O) groups is 1. The summed E-state index contributed by atoms with van der Waals surface area (Å²) in [7, 11) is 0. The molecule has 0 bridgehead atoms. The molecule has 2 amide bonds. The average molecular weight is 223 g/mol. The summed E-state index contributed by atoms with van der Waals surface area (Å²) in [6.45, 7) is 4.84. The Bertz CT molecular complexity index is 342. The number of nitrogens with zero attached hydrogens (tertiary/aromatic N) is 1. The maximum Gasteiger partial charge on any atom is 0.338 e. The molecule has 0 unspecified atom stereocenters. The SMILES string of the molecule is CCONC(=O)NCCc1ccncc1C. The van der Waals surface area contributed by atoms with Crippen LogP contribution in [0.4, 0.5) is 4.79 Å². The minimum Gasteiger partial charge on any atom is -0.336 e. The summed E-state index contributed by atoms with van der Waals surface area (Å²) in [5.74, 6) is 0. The highest BCUT2D eigenvalue weighted by Crippen LogP contribution is 2.04. The van der Waals surface area contributed by atoms with Crippen LogP contribution in [-0.2, 0) is 11.3 Å². The number of aromatic nitrogens is 1. The van der Waals surface area contributed by atoms with Gasteiger partial charge in [-0.3, -0.25) is 9.82 Å². The zero-order valence-corrected chi connectivity index (χ0v) is 9.62. The maximum absolute atomic E-state index is 11.1. The minimum absolute atomic E-state index is 0.312. The van der Waals surface area contributed by atoms with E-state index in [1.165, 1.54) is 5.56 Å². The van der Waals surface area contributed by atoms with Crippen molar-refractivity contribution in [3.63, 3.8) is 0 Å². The van der Waals surface area contributed by atoms with Gasteiger partial charge in [0, 0.05) is 18.9 Å². The van der Waals surface area contributed by atoms with E-state index in [9.17, 15) is 4.79 Å². The van der Waals surface area contributed by atoms with Crippen molar-refractivity contribution >= 4 is 6.03 Å². The molecule has 2 N–H and O–H groups in total. The van der Waals surface area contributed by atoms with Crippen LogP contribution in [0.5, 0.6) is 0 Å². The molecule has 0 aliphatic heterocycles. The lowest BCUT2D eigenvalue weighted by atomic mass is 10.1. The van der Waals surface area contributed by atoms with Gasteiger partial charge < -0.3 is 5.32 Å². The Hall–Kier alpha value is -1.62. The summed E-state index contributed by atoms with van der Waals surface area (Å²) in [5.41, 5.74) is 4.59. The van der Waals surface area contributed by atoms with Crippen LogP contribution < -0.4 is 10.8 Å². The predicted molar refractivity (Wildman–Crippen MR) is 60.8 cm³/mol. The summed E-state index contributed by atoms with van der Waals surface area (Å²) in [5, 5.41) is 2.70. The lowest BCUT2D eigenvalue weighted by Gasteiger charge is -2.07. The fraction of sp³-hybridized carbons (Fsp3) is 0.455. The van der Waals surface area contributed by atoms with Crippen molar-refractivity contribution in [1.29, 1.82) is 0 Å². The molecule has 88 valence electrons. The van der Waals surface area contributed by atoms with Gasteiger partial charge in [-0.15, -0.1) is 0 Å². The molecule has 1 aromatic rings. The van der Waals surface area contributed by atoms with Gasteiger partial charge in [0.05, 0.1) is 6.61 Å². The molecule has 1 rings (SSSR count). The summed E-state index contributed by atoms with van der Waals surface area (Å²) in [4.78, 5) is 19.9. The Kier molecular flexibility index (Phi) is 5.28. The molecule has 0 aromatic carbocycles. The maximum atomic E-state index is 11.1. The molecule has 0 saturated carbocycles. The highest BCUT2D eigenvalue weighted by molar-refractivity contribution is 5.72. The molecule has 0 saturated heterocycles. The van der Waals surface area contributed by atoms with Crippen molar-refractivity contribution in [2.24, 2.45) is 0 Å². The molecule has 0 aliphatic rings. The van der Waals surface area contributed by atoms with Crippen LogP contribution >= 0.6 is 0 Å². The fourth-order valence-corrected chi connectivity index (χ4v) is 1.27. The van der Waals surface area contributed by atoms with Crippen molar-refractivity contribution in [2.75, 3.05) is 13.2 Å². The van der Waals surface area contributed by atoms with Crippen LogP contribution in [-0.4, -0.2) is 24.2 Å². The Labute approximate surface area is 95.2 Å². The van der Waals surface area contributed by atoms with Gasteiger partial charge in [0.2, 0.25) is 0 Å². The van der Waals surface area contributed by atoms with Crippen molar-refractivity contribution in [3.05, 3.63) is 29.6 Å². The summed E-state index contributed by atoms with van der Waals surface area (Å²) < 4.78 is 0. The summed E-state index contributed by atoms with van der Waals surface area (Å²) in [6.07, 6.45) is 4.35. The van der Waals surface area contributed by atoms with Gasteiger partial charge in [-0.1, -0.05) is 0 Å². The number of hydroxylamine groups is 1. The fourth-order valence-electron chi connectivity index (χ4n) is 1.27. The van der Waals surface area contributed by atoms with E-state index in [1.54, 1.807) is 13.1 Å². The molecule has 0 aliphatic carbocycles. The Morgan fingerprint density at radius 3 is 3.06 bits per heavy atom. The standard InChI is InChI=1S/C11H17N3O2/c1-3-16-14-11(15)13-7-5-10-4-6-12-8-9(10)2/h4,6,8H,3,5,7H2,1-2H3,(H2,13,14,15). The minimum atomic E-state index is -0.312. The van der Waals surface area contributed by atoms with Gasteiger partial charge in [0.1, 0.15) is 0 Å². The number of hydrogen-bond donors (Lipinski definition) is 2. The number of hydrogen-bond acceptors (Lipinski definition) is 3. The van der Waals surface area contributed by atoms with E-state index in [-0.39, 0.29) is 6.03 Å². The number of rotatable bonds is 5. The number of carbonyl (C=O) groups excluding carboxylic acids is 1. The molecular weight excluding hydrogens is 206 g/mol. The van der Waals surface area contributed by atoms with Crippen LogP contribution in [0.25, 0.3) is 0 Å². The Morgan fingerprint density at radius 2 is 2.38 bits per heavy atom. The first-order valence-electron chi connectivity index (χ1n) is 5.29. The molecule has 1 aromatic heterocycles. The largest absolute Gasteiger partial charge is 0.338 e. The molecule has 5 nitrogen and oxygen atoms in total. The topological polar surface area (TPSA) is 63.2 Å². The van der Waals surface area contributed by atoms with E-state index < -0.39 is 0 Å². The van der Waals surface area contributed by atoms with E-state index >= 15 is 0 Å². The first-order chi connectivity index (χ1) is 7.74. The van der Waals surface area contributed by atoms with Crippen molar-refractivity contribution in [2.45, 2.75) is 20.3 Å². The van der Waals surface area contributed by atoms with E-state index in [4.69, 9.17) is 4.84 Å². The molecule has 16 heavy (non-hydrogen) atoms. The summed E-state index contributed by atoms with van der Waals surface area (Å²) in [6, 6.07) is 1.64. The van der Waals surface area contributed by atoms with Gasteiger partial charge in [-0.05, 0) is 37.5 Å². The lowest BCUT2D eigenvalue weighted by molar-refractivity contribution is 0.0708. The van der Waals surface area contributed by atoms with Crippen molar-refractivity contribution in [1.82, 2.24) is 15.8 Å². The highest BCUT2D eigenvalue weighted by atomic mass is 16.7. The predicted octanol–water partition coefficient (Wildman–Crippen LogP) is 1.18. The third-order valence-corrected chi connectivity index (χ3v) is 2.13. The lowest BCUT2D eigenvalue weighted by Crippen LogP contribution is -2.36. The quantitative estimate of drug-likeness (QED) is 0.737. The second kappa shape index (κ2) is 6.79. The zero-order chi connectivity index (χ0) is 11.8. The average Bonchev–Trinajstić information content (AvgIpc) is 2.29.